The van der Waals surface area contributed by atoms with Crippen LogP contribution in [0.4, 0.5) is 0 Å². The molecular weight excluding hydrogens is 460 g/mol. The molecular formula is C27H24N4O3S. The average Bonchev–Trinajstić information content (AvgIpc) is 3.48. The highest BCUT2D eigenvalue weighted by molar-refractivity contribution is 7.99. The van der Waals surface area contributed by atoms with Crippen LogP contribution in [0, 0.1) is 0 Å². The van der Waals surface area contributed by atoms with Crippen LogP contribution < -0.4 is 4.74 Å². The van der Waals surface area contributed by atoms with Gasteiger partial charge in [-0.15, -0.1) is 10.2 Å². The fourth-order valence-corrected chi connectivity index (χ4v) is 4.95. The lowest BCUT2D eigenvalue weighted by Crippen LogP contribution is -2.28. The maximum absolute atomic E-state index is 13.4. The fourth-order valence-electron chi connectivity index (χ4n) is 4.33. The Kier molecular flexibility index (Phi) is 5.74. The number of methoxy groups -OCH3 is 1. The lowest BCUT2D eigenvalue weighted by atomic mass is 9.97. The zero-order valence-electron chi connectivity index (χ0n) is 19.3. The molecule has 3 aromatic carbocycles. The van der Waals surface area contributed by atoms with Gasteiger partial charge in [-0.25, -0.2) is 5.01 Å². The van der Waals surface area contributed by atoms with Crippen molar-refractivity contribution < 1.29 is 13.9 Å². The van der Waals surface area contributed by atoms with Crippen LogP contribution in [0.3, 0.4) is 0 Å². The van der Waals surface area contributed by atoms with Crippen molar-refractivity contribution >= 4 is 34.2 Å². The monoisotopic (exact) mass is 484 g/mol. The quantitative estimate of drug-likeness (QED) is 0.319. The highest BCUT2D eigenvalue weighted by Gasteiger charge is 2.34. The van der Waals surface area contributed by atoms with Gasteiger partial charge in [0.05, 0.1) is 24.6 Å². The summed E-state index contributed by atoms with van der Waals surface area (Å²) in [5.41, 5.74) is 2.93. The number of nitrogens with zero attached hydrogens (tertiary/aromatic N) is 4. The van der Waals surface area contributed by atoms with E-state index in [1.54, 1.807) is 12.1 Å². The van der Waals surface area contributed by atoms with Crippen molar-refractivity contribution in [3.05, 3.63) is 83.7 Å². The number of rotatable bonds is 7. The van der Waals surface area contributed by atoms with Gasteiger partial charge in [-0.1, -0.05) is 60.3 Å². The summed E-state index contributed by atoms with van der Waals surface area (Å²) in [6, 6.07) is 22.2. The molecule has 1 aliphatic carbocycles. The SMILES string of the molecule is COc1ccc([C@@H]2CC(c3ccc4ccccc4c3)=NN2C(=O)CSc2nnc(C3CC3)o2)cc1. The van der Waals surface area contributed by atoms with Crippen LogP contribution in [0.1, 0.15) is 48.2 Å². The molecule has 1 aliphatic heterocycles. The summed E-state index contributed by atoms with van der Waals surface area (Å²) < 4.78 is 11.0. The van der Waals surface area contributed by atoms with Gasteiger partial charge < -0.3 is 9.15 Å². The molecule has 35 heavy (non-hydrogen) atoms. The summed E-state index contributed by atoms with van der Waals surface area (Å²) >= 11 is 1.26. The molecule has 0 radical (unpaired) electrons. The van der Waals surface area contributed by atoms with E-state index >= 15 is 0 Å². The van der Waals surface area contributed by atoms with Gasteiger partial charge in [-0.3, -0.25) is 4.79 Å². The molecule has 6 rings (SSSR count). The zero-order chi connectivity index (χ0) is 23.8. The number of carbonyl (C=O) groups is 1. The highest BCUT2D eigenvalue weighted by Crippen LogP contribution is 2.40. The number of aromatic nitrogens is 2. The molecule has 7 nitrogen and oxygen atoms in total. The van der Waals surface area contributed by atoms with E-state index < -0.39 is 0 Å². The molecule has 0 unspecified atom stereocenters. The van der Waals surface area contributed by atoms with E-state index in [1.807, 2.05) is 36.4 Å². The molecule has 176 valence electrons. The fraction of sp³-hybridized carbons (Fsp3) is 0.259. The van der Waals surface area contributed by atoms with E-state index in [1.165, 1.54) is 17.1 Å². The summed E-state index contributed by atoms with van der Waals surface area (Å²) in [4.78, 5) is 13.4. The van der Waals surface area contributed by atoms with Crippen LogP contribution in [0.15, 0.2) is 81.5 Å². The van der Waals surface area contributed by atoms with Crippen LogP contribution in [-0.4, -0.2) is 39.7 Å². The van der Waals surface area contributed by atoms with Crippen molar-refractivity contribution in [1.82, 2.24) is 15.2 Å². The second kappa shape index (κ2) is 9.19. The molecule has 1 amide bonds. The lowest BCUT2D eigenvalue weighted by molar-refractivity contribution is -0.130. The third-order valence-electron chi connectivity index (χ3n) is 6.42. The molecule has 4 aromatic rings. The van der Waals surface area contributed by atoms with Crippen LogP contribution in [-0.2, 0) is 4.79 Å². The largest absolute Gasteiger partial charge is 0.497 e. The molecule has 8 heteroatoms. The van der Waals surface area contributed by atoms with Crippen molar-refractivity contribution in [2.45, 2.75) is 36.4 Å². The summed E-state index contributed by atoms with van der Waals surface area (Å²) in [5.74, 6) is 1.91. The maximum atomic E-state index is 13.4. The Bertz CT molecular complexity index is 1410. The topological polar surface area (TPSA) is 80.8 Å². The first-order valence-corrected chi connectivity index (χ1v) is 12.7. The summed E-state index contributed by atoms with van der Waals surface area (Å²) in [7, 11) is 1.64. The molecule has 1 aromatic heterocycles. The number of amides is 1. The van der Waals surface area contributed by atoms with Gasteiger partial charge >= 0.3 is 0 Å². The number of ether oxygens (including phenoxy) is 1. The van der Waals surface area contributed by atoms with Crippen LogP contribution in [0.25, 0.3) is 10.8 Å². The van der Waals surface area contributed by atoms with Crippen molar-refractivity contribution in [3.63, 3.8) is 0 Å². The van der Waals surface area contributed by atoms with E-state index in [0.29, 0.717) is 23.5 Å². The minimum Gasteiger partial charge on any atom is -0.497 e. The van der Waals surface area contributed by atoms with E-state index in [4.69, 9.17) is 14.3 Å². The van der Waals surface area contributed by atoms with Gasteiger partial charge in [0.1, 0.15) is 5.75 Å². The van der Waals surface area contributed by atoms with Gasteiger partial charge in [0.2, 0.25) is 5.89 Å². The minimum absolute atomic E-state index is 0.0993. The van der Waals surface area contributed by atoms with Crippen molar-refractivity contribution in [2.24, 2.45) is 5.10 Å². The van der Waals surface area contributed by atoms with E-state index in [-0.39, 0.29) is 17.7 Å². The van der Waals surface area contributed by atoms with Crippen molar-refractivity contribution in [3.8, 4) is 5.75 Å². The van der Waals surface area contributed by atoms with E-state index in [0.717, 1.165) is 40.8 Å². The first kappa shape index (κ1) is 21.9. The lowest BCUT2D eigenvalue weighted by Gasteiger charge is -2.22. The first-order chi connectivity index (χ1) is 17.2. The number of hydrazone groups is 1. The van der Waals surface area contributed by atoms with Gasteiger partial charge in [0, 0.05) is 12.3 Å². The van der Waals surface area contributed by atoms with Gasteiger partial charge in [-0.05, 0) is 52.9 Å². The predicted molar refractivity (Wildman–Crippen MR) is 135 cm³/mol. The third kappa shape index (κ3) is 4.53. The second-order valence-electron chi connectivity index (χ2n) is 8.81. The van der Waals surface area contributed by atoms with E-state index in [2.05, 4.69) is 40.5 Å². The summed E-state index contributed by atoms with van der Waals surface area (Å²) in [6.45, 7) is 0. The highest BCUT2D eigenvalue weighted by atomic mass is 32.2. The van der Waals surface area contributed by atoms with Crippen LogP contribution in [0.5, 0.6) is 5.75 Å². The number of carbonyl (C=O) groups excluding carboxylic acids is 1. The number of benzene rings is 3. The molecule has 0 saturated heterocycles. The van der Waals surface area contributed by atoms with Crippen molar-refractivity contribution in [1.29, 1.82) is 0 Å². The zero-order valence-corrected chi connectivity index (χ0v) is 20.1. The predicted octanol–water partition coefficient (Wildman–Crippen LogP) is 5.58. The smallest absolute Gasteiger partial charge is 0.277 e. The molecule has 1 fully saturated rings. The standard InChI is InChI=1S/C27H24N4O3S/c1-33-22-12-10-18(11-13-22)24-15-23(21-9-6-17-4-2-3-5-20(17)14-21)30-31(24)25(32)16-35-27-29-28-26(34-27)19-7-8-19/h2-6,9-14,19,24H,7-8,15-16H2,1H3/t24-/m0/s1. The molecule has 0 bridgehead atoms. The Morgan fingerprint density at radius 2 is 1.86 bits per heavy atom. The third-order valence-corrected chi connectivity index (χ3v) is 7.22. The molecule has 2 heterocycles. The Labute approximate surface area is 207 Å². The maximum Gasteiger partial charge on any atom is 0.277 e. The molecule has 0 N–H and O–H groups in total. The Morgan fingerprint density at radius 3 is 2.63 bits per heavy atom. The number of thioether (sulfide) groups is 1. The molecule has 1 saturated carbocycles. The van der Waals surface area contributed by atoms with Crippen LogP contribution in [0.2, 0.25) is 0 Å². The molecule has 1 atom stereocenters. The normalized spacial score (nSPS) is 17.6. The summed E-state index contributed by atoms with van der Waals surface area (Å²) in [5, 5.41) is 17.4. The Balaban J connectivity index is 1.26. The number of hydrogen-bond donors (Lipinski definition) is 0. The summed E-state index contributed by atoms with van der Waals surface area (Å²) in [6.07, 6.45) is 2.82. The average molecular weight is 485 g/mol. The van der Waals surface area contributed by atoms with Gasteiger partial charge in [-0.2, -0.15) is 5.10 Å². The molecule has 0 spiro atoms. The van der Waals surface area contributed by atoms with Crippen LogP contribution >= 0.6 is 11.8 Å². The van der Waals surface area contributed by atoms with E-state index in [9.17, 15) is 4.79 Å². The van der Waals surface area contributed by atoms with Gasteiger partial charge in [0.25, 0.3) is 11.1 Å². The Hall–Kier alpha value is -3.65. The Morgan fingerprint density at radius 1 is 1.06 bits per heavy atom. The van der Waals surface area contributed by atoms with Gasteiger partial charge in [0.15, 0.2) is 0 Å². The minimum atomic E-state index is -0.194. The number of fused-ring (bicyclic) bond motifs is 1. The first-order valence-electron chi connectivity index (χ1n) is 11.7. The second-order valence-corrected chi connectivity index (χ2v) is 9.74. The number of hydrogen-bond acceptors (Lipinski definition) is 7. The van der Waals surface area contributed by atoms with Crippen molar-refractivity contribution in [2.75, 3.05) is 12.9 Å². The molecule has 2 aliphatic rings.